The molecule has 0 N–H and O–H groups in total. The lowest BCUT2D eigenvalue weighted by Crippen LogP contribution is -2.41. The molecule has 0 saturated heterocycles. The molecule has 1 atom stereocenters. The van der Waals surface area contributed by atoms with Gasteiger partial charge in [-0.25, -0.2) is 4.79 Å². The minimum atomic E-state index is -0.417. The van der Waals surface area contributed by atoms with Crippen LogP contribution in [0.25, 0.3) is 0 Å². The first kappa shape index (κ1) is 11.6. The summed E-state index contributed by atoms with van der Waals surface area (Å²) >= 11 is 3.44. The van der Waals surface area contributed by atoms with Crippen molar-refractivity contribution in [2.24, 2.45) is 0 Å². The van der Waals surface area contributed by atoms with Crippen LogP contribution in [-0.4, -0.2) is 34.5 Å². The summed E-state index contributed by atoms with van der Waals surface area (Å²) in [5.74, 6) is 0. The number of hydrogen-bond acceptors (Lipinski definition) is 2. The molecule has 1 rings (SSSR count). The third-order valence-corrected chi connectivity index (χ3v) is 2.31. The lowest BCUT2D eigenvalue weighted by atomic mass is 10.2. The molecule has 0 aromatic heterocycles. The van der Waals surface area contributed by atoms with Crippen LogP contribution >= 0.6 is 15.9 Å². The molecule has 0 aromatic rings. The topological polar surface area (TPSA) is 29.5 Å². The van der Waals surface area contributed by atoms with Crippen molar-refractivity contribution >= 4 is 22.0 Å². The minimum Gasteiger partial charge on any atom is -0.444 e. The van der Waals surface area contributed by atoms with Gasteiger partial charge >= 0.3 is 6.09 Å². The Balaban J connectivity index is 2.50. The summed E-state index contributed by atoms with van der Waals surface area (Å²) < 4.78 is 5.26. The monoisotopic (exact) mass is 261 g/mol. The van der Waals surface area contributed by atoms with Crippen LogP contribution in [0.1, 0.15) is 20.8 Å². The molecule has 1 amide bonds. The van der Waals surface area contributed by atoms with Gasteiger partial charge in [0.05, 0.1) is 4.83 Å². The van der Waals surface area contributed by atoms with Crippen LogP contribution in [0, 0.1) is 0 Å². The molecule has 0 fully saturated rings. The molecular formula is C10H16BrNO2. The minimum absolute atomic E-state index is 0.240. The van der Waals surface area contributed by atoms with Crippen LogP contribution in [0.4, 0.5) is 4.79 Å². The summed E-state index contributed by atoms with van der Waals surface area (Å²) in [5, 5.41) is 0. The molecule has 0 aromatic carbocycles. The number of rotatable bonds is 0. The van der Waals surface area contributed by atoms with Gasteiger partial charge in [0, 0.05) is 13.1 Å². The molecule has 0 radical (unpaired) electrons. The predicted octanol–water partition coefficient (Wildman–Crippen LogP) is 2.56. The number of amides is 1. The van der Waals surface area contributed by atoms with Gasteiger partial charge in [0.25, 0.3) is 0 Å². The van der Waals surface area contributed by atoms with Crippen LogP contribution < -0.4 is 0 Å². The number of halogens is 1. The third kappa shape index (κ3) is 3.70. The molecule has 14 heavy (non-hydrogen) atoms. The summed E-state index contributed by atoms with van der Waals surface area (Å²) in [6, 6.07) is 0. The molecular weight excluding hydrogens is 246 g/mol. The Labute approximate surface area is 93.2 Å². The van der Waals surface area contributed by atoms with E-state index in [1.165, 1.54) is 0 Å². The van der Waals surface area contributed by atoms with E-state index in [-0.39, 0.29) is 10.9 Å². The van der Waals surface area contributed by atoms with Crippen molar-refractivity contribution in [2.75, 3.05) is 13.1 Å². The van der Waals surface area contributed by atoms with Crippen LogP contribution in [0.15, 0.2) is 12.2 Å². The van der Waals surface area contributed by atoms with Crippen molar-refractivity contribution in [1.29, 1.82) is 0 Å². The van der Waals surface area contributed by atoms with E-state index >= 15 is 0 Å². The van der Waals surface area contributed by atoms with Crippen molar-refractivity contribution in [3.8, 4) is 0 Å². The smallest absolute Gasteiger partial charge is 0.410 e. The highest BCUT2D eigenvalue weighted by atomic mass is 79.9. The average molecular weight is 262 g/mol. The standard InChI is InChI=1S/C10H16BrNO2/c1-10(2,3)14-9(13)12-6-4-5-8(11)7-12/h4-5,8H,6-7H2,1-3H3/t8-/m1/s1. The predicted molar refractivity (Wildman–Crippen MR) is 59.7 cm³/mol. The normalized spacial score (nSPS) is 22.3. The molecule has 0 unspecified atom stereocenters. The SMILES string of the molecule is CC(C)(C)OC(=O)N1CC=C[C@@H](Br)C1. The maximum atomic E-state index is 11.6. The van der Waals surface area contributed by atoms with Gasteiger partial charge in [0.1, 0.15) is 5.60 Å². The van der Waals surface area contributed by atoms with Crippen LogP contribution in [0.2, 0.25) is 0 Å². The molecule has 4 heteroatoms. The van der Waals surface area contributed by atoms with Crippen LogP contribution in [0.5, 0.6) is 0 Å². The molecule has 80 valence electrons. The van der Waals surface area contributed by atoms with E-state index in [0.717, 1.165) is 0 Å². The summed E-state index contributed by atoms with van der Waals surface area (Å²) in [6.07, 6.45) is 3.76. The lowest BCUT2D eigenvalue weighted by Gasteiger charge is -2.29. The first-order valence-corrected chi connectivity index (χ1v) is 5.59. The highest BCUT2D eigenvalue weighted by molar-refractivity contribution is 9.09. The van der Waals surface area contributed by atoms with E-state index < -0.39 is 5.60 Å². The summed E-state index contributed by atoms with van der Waals surface area (Å²) in [5.41, 5.74) is -0.417. The fourth-order valence-corrected chi connectivity index (χ4v) is 1.72. The second kappa shape index (κ2) is 4.34. The van der Waals surface area contributed by atoms with Crippen molar-refractivity contribution in [3.05, 3.63) is 12.2 Å². The van der Waals surface area contributed by atoms with Gasteiger partial charge in [0.2, 0.25) is 0 Å². The summed E-state index contributed by atoms with van der Waals surface area (Å²) in [4.78, 5) is 13.5. The zero-order chi connectivity index (χ0) is 10.8. The quantitative estimate of drug-likeness (QED) is 0.496. The molecule has 1 heterocycles. The summed E-state index contributed by atoms with van der Waals surface area (Å²) in [7, 11) is 0. The second-order valence-corrected chi connectivity index (χ2v) is 5.51. The van der Waals surface area contributed by atoms with Gasteiger partial charge in [-0.05, 0) is 20.8 Å². The Kier molecular flexibility index (Phi) is 3.59. The molecule has 0 aliphatic carbocycles. The van der Waals surface area contributed by atoms with Gasteiger partial charge in [-0.2, -0.15) is 0 Å². The van der Waals surface area contributed by atoms with E-state index in [0.29, 0.717) is 13.1 Å². The molecule has 0 saturated carbocycles. The number of hydrogen-bond donors (Lipinski definition) is 0. The zero-order valence-electron chi connectivity index (χ0n) is 8.79. The van der Waals surface area contributed by atoms with E-state index in [4.69, 9.17) is 4.74 Å². The zero-order valence-corrected chi connectivity index (χ0v) is 10.4. The van der Waals surface area contributed by atoms with Crippen molar-refractivity contribution in [1.82, 2.24) is 4.90 Å². The number of ether oxygens (including phenoxy) is 1. The van der Waals surface area contributed by atoms with Crippen LogP contribution in [-0.2, 0) is 4.74 Å². The largest absolute Gasteiger partial charge is 0.444 e. The van der Waals surface area contributed by atoms with Crippen LogP contribution in [0.3, 0.4) is 0 Å². The number of nitrogens with zero attached hydrogens (tertiary/aromatic N) is 1. The third-order valence-electron chi connectivity index (χ3n) is 1.72. The van der Waals surface area contributed by atoms with Gasteiger partial charge in [-0.3, -0.25) is 0 Å². The fourth-order valence-electron chi connectivity index (χ4n) is 1.16. The maximum Gasteiger partial charge on any atom is 0.410 e. The molecule has 3 nitrogen and oxygen atoms in total. The van der Waals surface area contributed by atoms with E-state index in [2.05, 4.69) is 15.9 Å². The lowest BCUT2D eigenvalue weighted by molar-refractivity contribution is 0.0271. The highest BCUT2D eigenvalue weighted by Gasteiger charge is 2.24. The number of carbonyl (C=O) groups is 1. The van der Waals surface area contributed by atoms with Gasteiger partial charge in [-0.15, -0.1) is 0 Å². The van der Waals surface area contributed by atoms with Gasteiger partial charge < -0.3 is 9.64 Å². The molecule has 1 aliphatic heterocycles. The number of carbonyl (C=O) groups excluding carboxylic acids is 1. The average Bonchev–Trinajstić information content (AvgIpc) is 2.01. The Morgan fingerprint density at radius 3 is 2.71 bits per heavy atom. The van der Waals surface area contributed by atoms with E-state index in [1.807, 2.05) is 32.9 Å². The molecule has 0 spiro atoms. The Morgan fingerprint density at radius 2 is 2.21 bits per heavy atom. The Bertz CT molecular complexity index is 245. The first-order chi connectivity index (χ1) is 6.38. The van der Waals surface area contributed by atoms with Gasteiger partial charge in [0.15, 0.2) is 0 Å². The highest BCUT2D eigenvalue weighted by Crippen LogP contribution is 2.14. The van der Waals surface area contributed by atoms with E-state index in [1.54, 1.807) is 4.90 Å². The summed E-state index contributed by atoms with van der Waals surface area (Å²) in [6.45, 7) is 6.92. The Hall–Kier alpha value is -0.510. The Morgan fingerprint density at radius 1 is 1.57 bits per heavy atom. The molecule has 1 aliphatic rings. The van der Waals surface area contributed by atoms with Gasteiger partial charge in [-0.1, -0.05) is 28.1 Å². The maximum absolute atomic E-state index is 11.6. The van der Waals surface area contributed by atoms with Crippen molar-refractivity contribution in [3.63, 3.8) is 0 Å². The van der Waals surface area contributed by atoms with Crippen molar-refractivity contribution < 1.29 is 9.53 Å². The van der Waals surface area contributed by atoms with Crippen molar-refractivity contribution in [2.45, 2.75) is 31.2 Å². The van der Waals surface area contributed by atoms with E-state index in [9.17, 15) is 4.79 Å². The first-order valence-electron chi connectivity index (χ1n) is 4.67. The fraction of sp³-hybridized carbons (Fsp3) is 0.700. The molecule has 0 bridgehead atoms. The number of alkyl halides is 1. The second-order valence-electron chi connectivity index (χ2n) is 4.33.